The molecule has 1 heterocycles. The zero-order valence-corrected chi connectivity index (χ0v) is 9.53. The zero-order chi connectivity index (χ0) is 11.4. The molecule has 3 heteroatoms. The van der Waals surface area contributed by atoms with Gasteiger partial charge in [-0.3, -0.25) is 4.79 Å². The number of carbonyl (C=O) groups excluding carboxylic acids is 1. The summed E-state index contributed by atoms with van der Waals surface area (Å²) in [6.45, 7) is 1.89. The average Bonchev–Trinajstić information content (AvgIpc) is 2.35. The molecule has 1 unspecified atom stereocenters. The number of nitrogens with one attached hydrogen (secondary N) is 1. The molecule has 0 spiro atoms. The number of ether oxygens (including phenoxy) is 1. The van der Waals surface area contributed by atoms with E-state index in [9.17, 15) is 4.79 Å². The van der Waals surface area contributed by atoms with E-state index in [-0.39, 0.29) is 5.97 Å². The number of benzene rings is 1. The van der Waals surface area contributed by atoms with Crippen molar-refractivity contribution in [2.45, 2.75) is 25.3 Å². The minimum absolute atomic E-state index is 0.122. The van der Waals surface area contributed by atoms with Gasteiger partial charge in [-0.25, -0.2) is 0 Å². The molecule has 1 N–H and O–H groups in total. The van der Waals surface area contributed by atoms with Crippen LogP contribution in [0.3, 0.4) is 0 Å². The fourth-order valence-electron chi connectivity index (χ4n) is 2.24. The normalized spacial score (nSPS) is 18.9. The van der Waals surface area contributed by atoms with Crippen LogP contribution in [-0.4, -0.2) is 19.6 Å². The van der Waals surface area contributed by atoms with Crippen LogP contribution < -0.4 is 5.32 Å². The van der Waals surface area contributed by atoms with Crippen molar-refractivity contribution in [1.29, 1.82) is 0 Å². The summed E-state index contributed by atoms with van der Waals surface area (Å²) >= 11 is 0. The van der Waals surface area contributed by atoms with Gasteiger partial charge in [-0.15, -0.1) is 0 Å². The lowest BCUT2D eigenvalue weighted by atomic mass is 9.88. The van der Waals surface area contributed by atoms with Crippen molar-refractivity contribution in [3.63, 3.8) is 0 Å². The number of rotatable bonds is 3. The summed E-state index contributed by atoms with van der Waals surface area (Å²) in [6.07, 6.45) is 1.36. The molecule has 0 bridgehead atoms. The first-order valence-electron chi connectivity index (χ1n) is 5.66. The van der Waals surface area contributed by atoms with Gasteiger partial charge in [0.05, 0.1) is 7.11 Å². The van der Waals surface area contributed by atoms with E-state index < -0.39 is 0 Å². The lowest BCUT2D eigenvalue weighted by Gasteiger charge is -2.26. The van der Waals surface area contributed by atoms with Crippen LogP contribution in [0.2, 0.25) is 0 Å². The monoisotopic (exact) mass is 219 g/mol. The van der Waals surface area contributed by atoms with E-state index in [0.29, 0.717) is 12.3 Å². The van der Waals surface area contributed by atoms with Crippen LogP contribution in [0, 0.1) is 0 Å². The molecule has 1 aliphatic heterocycles. The van der Waals surface area contributed by atoms with Gasteiger partial charge in [-0.1, -0.05) is 24.3 Å². The highest BCUT2D eigenvalue weighted by Gasteiger charge is 2.19. The van der Waals surface area contributed by atoms with E-state index in [2.05, 4.69) is 34.3 Å². The molecule has 0 fully saturated rings. The van der Waals surface area contributed by atoms with Crippen LogP contribution in [0.1, 0.15) is 29.9 Å². The van der Waals surface area contributed by atoms with Gasteiger partial charge in [0.15, 0.2) is 0 Å². The smallest absolute Gasteiger partial charge is 0.305 e. The second-order valence-electron chi connectivity index (χ2n) is 4.14. The number of hydrogen-bond donors (Lipinski definition) is 1. The minimum atomic E-state index is -0.122. The van der Waals surface area contributed by atoms with Crippen LogP contribution in [0.15, 0.2) is 24.3 Å². The highest BCUT2D eigenvalue weighted by molar-refractivity contribution is 5.69. The number of hydrogen-bond acceptors (Lipinski definition) is 3. The van der Waals surface area contributed by atoms with E-state index in [1.807, 2.05) is 0 Å². The average molecular weight is 219 g/mol. The molecule has 0 aromatic heterocycles. The van der Waals surface area contributed by atoms with Crippen molar-refractivity contribution in [1.82, 2.24) is 5.32 Å². The third kappa shape index (κ3) is 2.42. The van der Waals surface area contributed by atoms with Gasteiger partial charge in [-0.2, -0.15) is 0 Å². The van der Waals surface area contributed by atoms with Crippen LogP contribution in [-0.2, 0) is 16.1 Å². The Labute approximate surface area is 95.8 Å². The Kier molecular flexibility index (Phi) is 3.57. The van der Waals surface area contributed by atoms with Crippen molar-refractivity contribution >= 4 is 5.97 Å². The minimum Gasteiger partial charge on any atom is -0.469 e. The zero-order valence-electron chi connectivity index (χ0n) is 9.53. The van der Waals surface area contributed by atoms with Gasteiger partial charge in [0.2, 0.25) is 0 Å². The van der Waals surface area contributed by atoms with E-state index >= 15 is 0 Å². The predicted octanol–water partition coefficient (Wildman–Crippen LogP) is 1.83. The Morgan fingerprint density at radius 2 is 2.31 bits per heavy atom. The largest absolute Gasteiger partial charge is 0.469 e. The summed E-state index contributed by atoms with van der Waals surface area (Å²) in [7, 11) is 1.44. The maximum Gasteiger partial charge on any atom is 0.305 e. The molecule has 0 amide bonds. The molecule has 86 valence electrons. The molecule has 16 heavy (non-hydrogen) atoms. The summed E-state index contributed by atoms with van der Waals surface area (Å²) in [5.74, 6) is 0.312. The highest BCUT2D eigenvalue weighted by Crippen LogP contribution is 2.27. The van der Waals surface area contributed by atoms with E-state index in [1.54, 1.807) is 0 Å². The Balaban J connectivity index is 2.04. The first kappa shape index (κ1) is 11.1. The lowest BCUT2D eigenvalue weighted by Crippen LogP contribution is -2.28. The first-order valence-corrected chi connectivity index (χ1v) is 5.66. The number of carbonyl (C=O) groups is 1. The van der Waals surface area contributed by atoms with Crippen molar-refractivity contribution < 1.29 is 9.53 Å². The van der Waals surface area contributed by atoms with Crippen LogP contribution in [0.4, 0.5) is 0 Å². The predicted molar refractivity (Wildman–Crippen MR) is 62.1 cm³/mol. The van der Waals surface area contributed by atoms with Crippen molar-refractivity contribution in [2.24, 2.45) is 0 Å². The maximum absolute atomic E-state index is 11.1. The molecule has 0 aliphatic carbocycles. The van der Waals surface area contributed by atoms with Crippen molar-refractivity contribution in [3.8, 4) is 0 Å². The first-order chi connectivity index (χ1) is 7.81. The summed E-state index contributed by atoms with van der Waals surface area (Å²) in [5.41, 5.74) is 2.73. The summed E-state index contributed by atoms with van der Waals surface area (Å²) in [5, 5.41) is 3.38. The van der Waals surface area contributed by atoms with Gasteiger partial charge >= 0.3 is 5.97 Å². The van der Waals surface area contributed by atoms with E-state index in [0.717, 1.165) is 19.5 Å². The fourth-order valence-corrected chi connectivity index (χ4v) is 2.24. The summed E-state index contributed by atoms with van der Waals surface area (Å²) < 4.78 is 4.67. The van der Waals surface area contributed by atoms with Gasteiger partial charge < -0.3 is 10.1 Å². The summed E-state index contributed by atoms with van der Waals surface area (Å²) in [4.78, 5) is 11.1. The fraction of sp³-hybridized carbons (Fsp3) is 0.462. The molecule has 2 rings (SSSR count). The second kappa shape index (κ2) is 5.12. The van der Waals surface area contributed by atoms with Crippen molar-refractivity contribution in [2.75, 3.05) is 13.7 Å². The van der Waals surface area contributed by atoms with Crippen LogP contribution >= 0.6 is 0 Å². The Bertz CT molecular complexity index is 376. The number of methoxy groups -OCH3 is 1. The Morgan fingerprint density at radius 1 is 1.50 bits per heavy atom. The standard InChI is InChI=1S/C13H17NO2/c1-16-13(15)7-6-11-9-14-8-10-4-2-3-5-12(10)11/h2-5,11,14H,6-9H2,1H3. The van der Waals surface area contributed by atoms with Gasteiger partial charge in [-0.05, 0) is 23.5 Å². The molecule has 0 radical (unpaired) electrons. The molecule has 1 aromatic rings. The quantitative estimate of drug-likeness (QED) is 0.788. The molecule has 1 aliphatic rings. The van der Waals surface area contributed by atoms with Crippen LogP contribution in [0.25, 0.3) is 0 Å². The molecule has 0 saturated heterocycles. The Morgan fingerprint density at radius 3 is 3.12 bits per heavy atom. The molecule has 3 nitrogen and oxygen atoms in total. The molecule has 1 aromatic carbocycles. The van der Waals surface area contributed by atoms with E-state index in [4.69, 9.17) is 0 Å². The van der Waals surface area contributed by atoms with Gasteiger partial charge in [0.1, 0.15) is 0 Å². The van der Waals surface area contributed by atoms with Gasteiger partial charge in [0, 0.05) is 19.5 Å². The van der Waals surface area contributed by atoms with E-state index in [1.165, 1.54) is 18.2 Å². The third-order valence-corrected chi connectivity index (χ3v) is 3.13. The molecular weight excluding hydrogens is 202 g/mol. The Hall–Kier alpha value is -1.35. The molecule has 0 saturated carbocycles. The SMILES string of the molecule is COC(=O)CCC1CNCc2ccccc21. The molecule has 1 atom stereocenters. The maximum atomic E-state index is 11.1. The number of fused-ring (bicyclic) bond motifs is 1. The third-order valence-electron chi connectivity index (χ3n) is 3.13. The molecular formula is C13H17NO2. The summed E-state index contributed by atoms with van der Waals surface area (Å²) in [6, 6.07) is 8.43. The van der Waals surface area contributed by atoms with Crippen LogP contribution in [0.5, 0.6) is 0 Å². The lowest BCUT2D eigenvalue weighted by molar-refractivity contribution is -0.140. The number of esters is 1. The van der Waals surface area contributed by atoms with Gasteiger partial charge in [0.25, 0.3) is 0 Å². The highest BCUT2D eigenvalue weighted by atomic mass is 16.5. The topological polar surface area (TPSA) is 38.3 Å². The van der Waals surface area contributed by atoms with Crippen molar-refractivity contribution in [3.05, 3.63) is 35.4 Å². The second-order valence-corrected chi connectivity index (χ2v) is 4.14.